The summed E-state index contributed by atoms with van der Waals surface area (Å²) in [5, 5.41) is 2.85. The van der Waals surface area contributed by atoms with E-state index in [1.165, 1.54) is 6.39 Å². The standard InChI is InChI=1S/C11H14N4O2/c1-3-8(10-12-4-5-13-10)15-11(16)9-7(2)14-6-17-9/h4-6,8H,3H2,1-2H3,(H,12,13)(H,15,16). The molecule has 1 amide bonds. The van der Waals surface area contributed by atoms with E-state index in [9.17, 15) is 4.79 Å². The van der Waals surface area contributed by atoms with Crippen molar-refractivity contribution < 1.29 is 9.21 Å². The van der Waals surface area contributed by atoms with Crippen LogP contribution in [0.5, 0.6) is 0 Å². The van der Waals surface area contributed by atoms with Crippen molar-refractivity contribution in [2.45, 2.75) is 26.3 Å². The van der Waals surface area contributed by atoms with Gasteiger partial charge in [-0.15, -0.1) is 0 Å². The molecule has 0 radical (unpaired) electrons. The molecule has 6 nitrogen and oxygen atoms in total. The predicted molar refractivity (Wildman–Crippen MR) is 60.3 cm³/mol. The van der Waals surface area contributed by atoms with E-state index in [2.05, 4.69) is 20.3 Å². The molecule has 2 N–H and O–H groups in total. The zero-order chi connectivity index (χ0) is 12.3. The molecule has 2 heterocycles. The molecule has 17 heavy (non-hydrogen) atoms. The minimum absolute atomic E-state index is 0.151. The molecule has 0 aromatic carbocycles. The van der Waals surface area contributed by atoms with E-state index >= 15 is 0 Å². The Hall–Kier alpha value is -2.11. The topological polar surface area (TPSA) is 83.8 Å². The largest absolute Gasteiger partial charge is 0.438 e. The maximum absolute atomic E-state index is 11.9. The van der Waals surface area contributed by atoms with E-state index in [4.69, 9.17) is 4.42 Å². The first-order valence-electron chi connectivity index (χ1n) is 5.42. The molecule has 1 unspecified atom stereocenters. The van der Waals surface area contributed by atoms with Gasteiger partial charge in [0, 0.05) is 12.4 Å². The quantitative estimate of drug-likeness (QED) is 0.841. The number of carbonyl (C=O) groups excluding carboxylic acids is 1. The summed E-state index contributed by atoms with van der Waals surface area (Å²) in [5.41, 5.74) is 0.580. The van der Waals surface area contributed by atoms with Gasteiger partial charge in [-0.3, -0.25) is 4.79 Å². The van der Waals surface area contributed by atoms with E-state index < -0.39 is 0 Å². The fourth-order valence-electron chi connectivity index (χ4n) is 1.58. The van der Waals surface area contributed by atoms with Gasteiger partial charge in [0.05, 0.1) is 11.7 Å². The van der Waals surface area contributed by atoms with Crippen molar-refractivity contribution in [1.29, 1.82) is 0 Å². The number of carbonyl (C=O) groups is 1. The van der Waals surface area contributed by atoms with Crippen LogP contribution in [0.15, 0.2) is 23.2 Å². The van der Waals surface area contributed by atoms with Crippen LogP contribution in [0.25, 0.3) is 0 Å². The summed E-state index contributed by atoms with van der Waals surface area (Å²) in [6.45, 7) is 3.70. The molecule has 0 fully saturated rings. The van der Waals surface area contributed by atoms with Gasteiger partial charge in [-0.05, 0) is 13.3 Å². The van der Waals surface area contributed by atoms with Crippen molar-refractivity contribution in [2.24, 2.45) is 0 Å². The Kier molecular flexibility index (Phi) is 3.22. The maximum Gasteiger partial charge on any atom is 0.289 e. The van der Waals surface area contributed by atoms with Crippen molar-refractivity contribution in [3.8, 4) is 0 Å². The lowest BCUT2D eigenvalue weighted by Crippen LogP contribution is -2.29. The molecule has 1 atom stereocenters. The predicted octanol–water partition coefficient (Wildman–Crippen LogP) is 1.59. The van der Waals surface area contributed by atoms with Crippen LogP contribution in [0.1, 0.15) is 41.5 Å². The second-order valence-corrected chi connectivity index (χ2v) is 3.68. The fourth-order valence-corrected chi connectivity index (χ4v) is 1.58. The van der Waals surface area contributed by atoms with Crippen molar-refractivity contribution >= 4 is 5.91 Å². The molecular weight excluding hydrogens is 220 g/mol. The van der Waals surface area contributed by atoms with E-state index in [0.29, 0.717) is 5.69 Å². The Morgan fingerprint density at radius 1 is 1.59 bits per heavy atom. The van der Waals surface area contributed by atoms with Crippen LogP contribution in [0.4, 0.5) is 0 Å². The first-order valence-corrected chi connectivity index (χ1v) is 5.42. The van der Waals surface area contributed by atoms with Gasteiger partial charge in [0.1, 0.15) is 5.82 Å². The molecule has 2 aromatic rings. The molecule has 2 rings (SSSR count). The lowest BCUT2D eigenvalue weighted by molar-refractivity contribution is 0.0905. The van der Waals surface area contributed by atoms with Crippen LogP contribution < -0.4 is 5.32 Å². The molecular formula is C11H14N4O2. The summed E-state index contributed by atoms with van der Waals surface area (Å²) in [4.78, 5) is 22.9. The fraction of sp³-hybridized carbons (Fsp3) is 0.364. The summed E-state index contributed by atoms with van der Waals surface area (Å²) < 4.78 is 5.04. The number of amides is 1. The second kappa shape index (κ2) is 4.82. The number of nitrogens with zero attached hydrogens (tertiary/aromatic N) is 2. The molecule has 0 saturated heterocycles. The minimum atomic E-state index is -0.275. The zero-order valence-electron chi connectivity index (χ0n) is 9.73. The number of hydrogen-bond acceptors (Lipinski definition) is 4. The first-order chi connectivity index (χ1) is 8.22. The molecule has 0 aliphatic carbocycles. The zero-order valence-corrected chi connectivity index (χ0v) is 9.73. The molecule has 6 heteroatoms. The highest BCUT2D eigenvalue weighted by molar-refractivity contribution is 5.92. The van der Waals surface area contributed by atoms with Gasteiger partial charge in [-0.2, -0.15) is 0 Å². The van der Waals surface area contributed by atoms with Crippen LogP contribution >= 0.6 is 0 Å². The minimum Gasteiger partial charge on any atom is -0.438 e. The van der Waals surface area contributed by atoms with Gasteiger partial charge < -0.3 is 14.7 Å². The monoisotopic (exact) mass is 234 g/mol. The second-order valence-electron chi connectivity index (χ2n) is 3.68. The summed E-state index contributed by atoms with van der Waals surface area (Å²) in [5.74, 6) is 0.705. The molecule has 0 aliphatic rings. The average Bonchev–Trinajstić information content (AvgIpc) is 2.96. The molecule has 0 bridgehead atoms. The molecule has 90 valence electrons. The van der Waals surface area contributed by atoms with Crippen LogP contribution in [-0.4, -0.2) is 20.9 Å². The summed E-state index contributed by atoms with van der Waals surface area (Å²) in [7, 11) is 0. The maximum atomic E-state index is 11.9. The van der Waals surface area contributed by atoms with E-state index in [0.717, 1.165) is 12.2 Å². The van der Waals surface area contributed by atoms with Gasteiger partial charge in [0.15, 0.2) is 6.39 Å². The van der Waals surface area contributed by atoms with E-state index in [1.807, 2.05) is 6.92 Å². The Morgan fingerprint density at radius 2 is 2.41 bits per heavy atom. The summed E-state index contributed by atoms with van der Waals surface area (Å²) >= 11 is 0. The Bertz CT molecular complexity index is 489. The Morgan fingerprint density at radius 3 is 2.94 bits per heavy atom. The molecule has 0 spiro atoms. The molecule has 0 aliphatic heterocycles. The number of H-pyrrole nitrogens is 1. The number of imidazole rings is 1. The highest BCUT2D eigenvalue weighted by Crippen LogP contribution is 2.13. The van der Waals surface area contributed by atoms with Gasteiger partial charge >= 0.3 is 0 Å². The van der Waals surface area contributed by atoms with Crippen LogP contribution in [0.2, 0.25) is 0 Å². The van der Waals surface area contributed by atoms with Crippen LogP contribution in [-0.2, 0) is 0 Å². The number of aromatic nitrogens is 3. The van der Waals surface area contributed by atoms with Crippen LogP contribution in [0, 0.1) is 6.92 Å². The molecule has 0 saturated carbocycles. The normalized spacial score (nSPS) is 12.4. The number of rotatable bonds is 4. The number of nitrogens with one attached hydrogen (secondary N) is 2. The summed E-state index contributed by atoms with van der Waals surface area (Å²) in [6.07, 6.45) is 5.39. The highest BCUT2D eigenvalue weighted by atomic mass is 16.3. The van der Waals surface area contributed by atoms with Crippen molar-refractivity contribution in [3.63, 3.8) is 0 Å². The number of aryl methyl sites for hydroxylation is 1. The lowest BCUT2D eigenvalue weighted by Gasteiger charge is -2.13. The lowest BCUT2D eigenvalue weighted by atomic mass is 10.2. The Balaban J connectivity index is 2.10. The van der Waals surface area contributed by atoms with Gasteiger partial charge in [-0.25, -0.2) is 9.97 Å². The number of hydrogen-bond donors (Lipinski definition) is 2. The number of oxazole rings is 1. The van der Waals surface area contributed by atoms with Gasteiger partial charge in [0.25, 0.3) is 5.91 Å². The van der Waals surface area contributed by atoms with Crippen molar-refractivity contribution in [2.75, 3.05) is 0 Å². The third-order valence-electron chi connectivity index (χ3n) is 2.51. The average molecular weight is 234 g/mol. The molecule has 2 aromatic heterocycles. The summed E-state index contributed by atoms with van der Waals surface area (Å²) in [6, 6.07) is -0.151. The van der Waals surface area contributed by atoms with Crippen molar-refractivity contribution in [1.82, 2.24) is 20.3 Å². The van der Waals surface area contributed by atoms with Gasteiger partial charge in [0.2, 0.25) is 5.76 Å². The third kappa shape index (κ3) is 2.35. The SMILES string of the molecule is CCC(NC(=O)c1ocnc1C)c1ncc[nH]1. The van der Waals surface area contributed by atoms with Crippen LogP contribution in [0.3, 0.4) is 0 Å². The van der Waals surface area contributed by atoms with E-state index in [1.54, 1.807) is 19.3 Å². The highest BCUT2D eigenvalue weighted by Gasteiger charge is 2.19. The number of aromatic amines is 1. The van der Waals surface area contributed by atoms with Gasteiger partial charge in [-0.1, -0.05) is 6.92 Å². The van der Waals surface area contributed by atoms with E-state index in [-0.39, 0.29) is 17.7 Å². The Labute approximate surface area is 98.5 Å². The first kappa shape index (κ1) is 11.4. The third-order valence-corrected chi connectivity index (χ3v) is 2.51. The smallest absolute Gasteiger partial charge is 0.289 e. The van der Waals surface area contributed by atoms with Crippen molar-refractivity contribution in [3.05, 3.63) is 36.1 Å².